The molecule has 0 fully saturated rings. The van der Waals surface area contributed by atoms with Crippen molar-refractivity contribution in [2.75, 3.05) is 23.4 Å². The quantitative estimate of drug-likeness (QED) is 0.674. The summed E-state index contributed by atoms with van der Waals surface area (Å²) in [6, 6.07) is 6.71. The summed E-state index contributed by atoms with van der Waals surface area (Å²) in [5.74, 6) is 1.45. The number of aliphatic hydroxyl groups is 1. The lowest BCUT2D eigenvalue weighted by molar-refractivity contribution is 0.248. The number of primary sulfonamides is 1. The summed E-state index contributed by atoms with van der Waals surface area (Å²) in [6.45, 7) is 5.35. The first-order valence-corrected chi connectivity index (χ1v) is 10.4. The molecule has 1 aromatic heterocycles. The van der Waals surface area contributed by atoms with Gasteiger partial charge in [-0.3, -0.25) is 0 Å². The third kappa shape index (κ3) is 4.55. The van der Waals surface area contributed by atoms with Crippen LogP contribution >= 0.6 is 0 Å². The Labute approximate surface area is 159 Å². The van der Waals surface area contributed by atoms with E-state index in [9.17, 15) is 13.5 Å². The Balaban J connectivity index is 1.82. The molecule has 146 valence electrons. The van der Waals surface area contributed by atoms with Crippen LogP contribution in [0.25, 0.3) is 0 Å². The predicted molar refractivity (Wildman–Crippen MR) is 104 cm³/mol. The van der Waals surface area contributed by atoms with E-state index in [0.29, 0.717) is 12.5 Å². The van der Waals surface area contributed by atoms with Crippen molar-refractivity contribution < 1.29 is 13.5 Å². The average Bonchev–Trinajstić information content (AvgIpc) is 2.64. The van der Waals surface area contributed by atoms with Gasteiger partial charge in [0.15, 0.2) is 0 Å². The van der Waals surface area contributed by atoms with Crippen molar-refractivity contribution >= 4 is 21.8 Å². The molecule has 0 spiro atoms. The molecule has 4 N–H and O–H groups in total. The fourth-order valence-electron chi connectivity index (χ4n) is 3.09. The van der Waals surface area contributed by atoms with Gasteiger partial charge in [-0.25, -0.2) is 18.5 Å². The Kier molecular flexibility index (Phi) is 5.64. The molecule has 2 heterocycles. The lowest BCUT2D eigenvalue weighted by Gasteiger charge is -2.30. The molecular weight excluding hydrogens is 366 g/mol. The molecule has 0 amide bonds. The summed E-state index contributed by atoms with van der Waals surface area (Å²) in [4.78, 5) is 11.0. The number of rotatable bonds is 6. The highest BCUT2D eigenvalue weighted by atomic mass is 32.2. The van der Waals surface area contributed by atoms with Crippen LogP contribution in [0.3, 0.4) is 0 Å². The standard InChI is InChI=1S/C18H25N5O3S/c1-12(2)16(11-24)21-18-20-7-5-17(22-18)23-8-6-13-3-4-15(27(19,25)26)9-14(13)10-23/h3-5,7,9,12,16,24H,6,8,10-11H2,1-2H3,(H2,19,25,26)(H,20,21,22)/t16-/m1/s1. The van der Waals surface area contributed by atoms with Gasteiger partial charge in [0.2, 0.25) is 16.0 Å². The number of nitrogens with two attached hydrogens (primary N) is 1. The molecule has 1 aliphatic rings. The fraction of sp³-hybridized carbons (Fsp3) is 0.444. The van der Waals surface area contributed by atoms with E-state index in [1.54, 1.807) is 18.3 Å². The molecule has 0 saturated carbocycles. The van der Waals surface area contributed by atoms with Gasteiger partial charge in [-0.1, -0.05) is 19.9 Å². The lowest BCUT2D eigenvalue weighted by Crippen LogP contribution is -2.33. The molecule has 27 heavy (non-hydrogen) atoms. The number of hydrogen-bond acceptors (Lipinski definition) is 7. The zero-order valence-electron chi connectivity index (χ0n) is 15.5. The minimum atomic E-state index is -3.73. The number of benzene rings is 1. The zero-order chi connectivity index (χ0) is 19.6. The van der Waals surface area contributed by atoms with E-state index in [0.717, 1.165) is 29.9 Å². The SMILES string of the molecule is CC(C)[C@@H](CO)Nc1nccc(N2CCc3ccc(S(N)(=O)=O)cc3C2)n1. The van der Waals surface area contributed by atoms with Gasteiger partial charge in [0.25, 0.3) is 0 Å². The molecule has 0 bridgehead atoms. The van der Waals surface area contributed by atoms with Crippen LogP contribution in [0, 0.1) is 5.92 Å². The Morgan fingerprint density at radius 2 is 2.07 bits per heavy atom. The van der Waals surface area contributed by atoms with Crippen LogP contribution in [0.15, 0.2) is 35.4 Å². The average molecular weight is 391 g/mol. The van der Waals surface area contributed by atoms with E-state index in [2.05, 4.69) is 20.2 Å². The van der Waals surface area contributed by atoms with E-state index in [4.69, 9.17) is 5.14 Å². The molecule has 8 nitrogen and oxygen atoms in total. The summed E-state index contributed by atoms with van der Waals surface area (Å²) >= 11 is 0. The maximum absolute atomic E-state index is 11.6. The van der Waals surface area contributed by atoms with Crippen molar-refractivity contribution in [2.45, 2.75) is 37.8 Å². The second kappa shape index (κ2) is 7.79. The molecular formula is C18H25N5O3S. The van der Waals surface area contributed by atoms with Crippen LogP contribution in [-0.2, 0) is 23.0 Å². The Morgan fingerprint density at radius 1 is 1.30 bits per heavy atom. The molecule has 2 aromatic rings. The van der Waals surface area contributed by atoms with Crippen LogP contribution in [0.4, 0.5) is 11.8 Å². The molecule has 0 aliphatic carbocycles. The van der Waals surface area contributed by atoms with Crippen LogP contribution < -0.4 is 15.4 Å². The Hall–Kier alpha value is -2.23. The molecule has 1 aromatic carbocycles. The van der Waals surface area contributed by atoms with Gasteiger partial charge in [-0.15, -0.1) is 0 Å². The number of aliphatic hydroxyl groups excluding tert-OH is 1. The summed E-state index contributed by atoms with van der Waals surface area (Å²) in [5, 5.41) is 17.9. The highest BCUT2D eigenvalue weighted by molar-refractivity contribution is 7.89. The summed E-state index contributed by atoms with van der Waals surface area (Å²) in [5.41, 5.74) is 2.04. The van der Waals surface area contributed by atoms with E-state index in [1.165, 1.54) is 0 Å². The van der Waals surface area contributed by atoms with Crippen molar-refractivity contribution in [3.8, 4) is 0 Å². The first kappa shape index (κ1) is 19.5. The van der Waals surface area contributed by atoms with Crippen LogP contribution in [0.5, 0.6) is 0 Å². The van der Waals surface area contributed by atoms with Gasteiger partial charge in [-0.2, -0.15) is 4.98 Å². The van der Waals surface area contributed by atoms with E-state index >= 15 is 0 Å². The van der Waals surface area contributed by atoms with E-state index < -0.39 is 10.0 Å². The summed E-state index contributed by atoms with van der Waals surface area (Å²) in [6.07, 6.45) is 2.47. The molecule has 1 atom stereocenters. The smallest absolute Gasteiger partial charge is 0.238 e. The van der Waals surface area contributed by atoms with Crippen molar-refractivity contribution in [3.63, 3.8) is 0 Å². The van der Waals surface area contributed by atoms with E-state index in [-0.39, 0.29) is 23.5 Å². The highest BCUT2D eigenvalue weighted by Gasteiger charge is 2.21. The second-order valence-corrected chi connectivity index (χ2v) is 8.62. The maximum Gasteiger partial charge on any atom is 0.238 e. The van der Waals surface area contributed by atoms with Crippen LogP contribution in [-0.4, -0.2) is 42.7 Å². The highest BCUT2D eigenvalue weighted by Crippen LogP contribution is 2.25. The minimum absolute atomic E-state index is 0.00131. The van der Waals surface area contributed by atoms with Gasteiger partial charge in [-0.05, 0) is 41.7 Å². The third-order valence-electron chi connectivity index (χ3n) is 4.80. The van der Waals surface area contributed by atoms with E-state index in [1.807, 2.05) is 26.0 Å². The van der Waals surface area contributed by atoms with Gasteiger partial charge in [0.05, 0.1) is 17.5 Å². The minimum Gasteiger partial charge on any atom is -0.394 e. The lowest BCUT2D eigenvalue weighted by atomic mass is 10.00. The monoisotopic (exact) mass is 391 g/mol. The molecule has 9 heteroatoms. The number of sulfonamides is 1. The maximum atomic E-state index is 11.6. The predicted octanol–water partition coefficient (Wildman–Crippen LogP) is 1.12. The van der Waals surface area contributed by atoms with Gasteiger partial charge in [0, 0.05) is 19.3 Å². The molecule has 1 aliphatic heterocycles. The van der Waals surface area contributed by atoms with Crippen LogP contribution in [0.1, 0.15) is 25.0 Å². The van der Waals surface area contributed by atoms with Crippen molar-refractivity contribution in [1.29, 1.82) is 0 Å². The molecule has 3 rings (SSSR count). The molecule has 0 unspecified atom stereocenters. The summed E-state index contributed by atoms with van der Waals surface area (Å²) in [7, 11) is -3.73. The van der Waals surface area contributed by atoms with Crippen molar-refractivity contribution in [2.24, 2.45) is 11.1 Å². The first-order chi connectivity index (χ1) is 12.8. The number of hydrogen-bond donors (Lipinski definition) is 3. The van der Waals surface area contributed by atoms with Crippen molar-refractivity contribution in [3.05, 3.63) is 41.6 Å². The molecule has 0 radical (unpaired) electrons. The Morgan fingerprint density at radius 3 is 2.74 bits per heavy atom. The normalized spacial score (nSPS) is 15.5. The van der Waals surface area contributed by atoms with Gasteiger partial charge in [0.1, 0.15) is 5.82 Å². The third-order valence-corrected chi connectivity index (χ3v) is 5.71. The van der Waals surface area contributed by atoms with Crippen molar-refractivity contribution in [1.82, 2.24) is 9.97 Å². The first-order valence-electron chi connectivity index (χ1n) is 8.88. The zero-order valence-corrected chi connectivity index (χ0v) is 16.3. The number of fused-ring (bicyclic) bond motifs is 1. The largest absolute Gasteiger partial charge is 0.394 e. The topological polar surface area (TPSA) is 121 Å². The fourth-order valence-corrected chi connectivity index (χ4v) is 3.65. The Bertz CT molecular complexity index is 917. The number of anilines is 2. The number of nitrogens with one attached hydrogen (secondary N) is 1. The van der Waals surface area contributed by atoms with Gasteiger partial charge >= 0.3 is 0 Å². The second-order valence-electron chi connectivity index (χ2n) is 7.06. The molecule has 0 saturated heterocycles. The number of nitrogens with zero attached hydrogens (tertiary/aromatic N) is 3. The van der Waals surface area contributed by atoms with Gasteiger partial charge < -0.3 is 15.3 Å². The summed E-state index contributed by atoms with van der Waals surface area (Å²) < 4.78 is 23.2. The number of aromatic nitrogens is 2. The van der Waals surface area contributed by atoms with Crippen LogP contribution in [0.2, 0.25) is 0 Å².